The van der Waals surface area contributed by atoms with Crippen LogP contribution in [0.3, 0.4) is 0 Å². The summed E-state index contributed by atoms with van der Waals surface area (Å²) in [4.78, 5) is 15.6. The molecule has 0 unspecified atom stereocenters. The van der Waals surface area contributed by atoms with E-state index in [2.05, 4.69) is 10.3 Å². The predicted octanol–water partition coefficient (Wildman–Crippen LogP) is 2.76. The lowest BCUT2D eigenvalue weighted by molar-refractivity contribution is -0.142. The maximum absolute atomic E-state index is 11.3. The molecule has 2 aromatic rings. The molecule has 102 valence electrons. The minimum Gasteiger partial charge on any atom is -0.466 e. The van der Waals surface area contributed by atoms with E-state index in [4.69, 9.17) is 9.15 Å². The molecule has 0 fully saturated rings. The Morgan fingerprint density at radius 3 is 3.05 bits per heavy atom. The van der Waals surface area contributed by atoms with E-state index in [9.17, 15) is 4.79 Å². The Hall–Kier alpha value is -1.82. The smallest absolute Gasteiger partial charge is 0.311 e. The molecular weight excluding hydrogens is 264 g/mol. The first-order valence-corrected chi connectivity index (χ1v) is 6.94. The van der Waals surface area contributed by atoms with Crippen LogP contribution in [-0.2, 0) is 22.5 Å². The monoisotopic (exact) mass is 280 g/mol. The molecule has 2 rings (SSSR count). The van der Waals surface area contributed by atoms with Crippen LogP contribution in [0.1, 0.15) is 24.1 Å². The molecule has 1 N–H and O–H groups in total. The van der Waals surface area contributed by atoms with Crippen LogP contribution in [-0.4, -0.2) is 17.6 Å². The van der Waals surface area contributed by atoms with Gasteiger partial charge in [0, 0.05) is 5.38 Å². The van der Waals surface area contributed by atoms with Crippen molar-refractivity contribution in [1.82, 2.24) is 4.98 Å². The summed E-state index contributed by atoms with van der Waals surface area (Å²) in [7, 11) is 0. The van der Waals surface area contributed by atoms with Crippen molar-refractivity contribution < 1.29 is 13.9 Å². The van der Waals surface area contributed by atoms with E-state index in [1.54, 1.807) is 6.92 Å². The molecule has 6 heteroatoms. The third-order valence-corrected chi connectivity index (χ3v) is 3.24. The van der Waals surface area contributed by atoms with Crippen LogP contribution < -0.4 is 5.32 Å². The maximum Gasteiger partial charge on any atom is 0.311 e. The molecule has 5 nitrogen and oxygen atoms in total. The van der Waals surface area contributed by atoms with Crippen molar-refractivity contribution in [2.24, 2.45) is 0 Å². The van der Waals surface area contributed by atoms with Crippen LogP contribution >= 0.6 is 11.3 Å². The molecule has 0 atom stereocenters. The fourth-order valence-electron chi connectivity index (χ4n) is 1.57. The average molecular weight is 280 g/mol. The molecule has 0 radical (unpaired) electrons. The number of ether oxygens (including phenoxy) is 1. The van der Waals surface area contributed by atoms with Crippen LogP contribution in [0.15, 0.2) is 21.9 Å². The molecule has 2 aromatic heterocycles. The first kappa shape index (κ1) is 13.6. The van der Waals surface area contributed by atoms with Gasteiger partial charge in [-0.3, -0.25) is 4.79 Å². The molecule has 0 aliphatic heterocycles. The standard InChI is InChI=1S/C13H16N2O3S/c1-3-17-12(16)6-10-8-19-13(15-10)14-7-11-5-4-9(2)18-11/h4-5,8H,3,6-7H2,1-2H3,(H,14,15). The van der Waals surface area contributed by atoms with Crippen molar-refractivity contribution in [3.63, 3.8) is 0 Å². The van der Waals surface area contributed by atoms with Gasteiger partial charge in [0.2, 0.25) is 0 Å². The molecule has 19 heavy (non-hydrogen) atoms. The summed E-state index contributed by atoms with van der Waals surface area (Å²) in [5.41, 5.74) is 0.724. The summed E-state index contributed by atoms with van der Waals surface area (Å²) >= 11 is 1.46. The van der Waals surface area contributed by atoms with Crippen LogP contribution in [0.5, 0.6) is 0 Å². The number of anilines is 1. The number of aryl methyl sites for hydroxylation is 1. The third kappa shape index (κ3) is 4.10. The maximum atomic E-state index is 11.3. The number of nitrogens with zero attached hydrogens (tertiary/aromatic N) is 1. The van der Waals surface area contributed by atoms with Gasteiger partial charge in [-0.1, -0.05) is 0 Å². The van der Waals surface area contributed by atoms with E-state index < -0.39 is 0 Å². The van der Waals surface area contributed by atoms with Crippen molar-refractivity contribution in [3.05, 3.63) is 34.7 Å². The number of nitrogens with one attached hydrogen (secondary N) is 1. The summed E-state index contributed by atoms with van der Waals surface area (Å²) in [5, 5.41) is 5.79. The summed E-state index contributed by atoms with van der Waals surface area (Å²) in [6.45, 7) is 4.67. The zero-order chi connectivity index (χ0) is 13.7. The summed E-state index contributed by atoms with van der Waals surface area (Å²) in [6, 6.07) is 3.85. The quantitative estimate of drug-likeness (QED) is 0.824. The van der Waals surface area contributed by atoms with E-state index in [-0.39, 0.29) is 12.4 Å². The number of rotatable bonds is 6. The second-order valence-corrected chi connectivity index (χ2v) is 4.85. The molecule has 0 aliphatic carbocycles. The Morgan fingerprint density at radius 2 is 2.37 bits per heavy atom. The highest BCUT2D eigenvalue weighted by atomic mass is 32.1. The largest absolute Gasteiger partial charge is 0.466 e. The minimum absolute atomic E-state index is 0.214. The lowest BCUT2D eigenvalue weighted by atomic mass is 10.3. The molecular formula is C13H16N2O3S. The second-order valence-electron chi connectivity index (χ2n) is 3.99. The third-order valence-electron chi connectivity index (χ3n) is 2.39. The number of esters is 1. The zero-order valence-electron chi connectivity index (χ0n) is 10.9. The van der Waals surface area contributed by atoms with Gasteiger partial charge in [0.15, 0.2) is 5.13 Å². The number of furan rings is 1. The van der Waals surface area contributed by atoms with Gasteiger partial charge in [0.25, 0.3) is 0 Å². The molecule has 2 heterocycles. The molecule has 0 saturated heterocycles. The lowest BCUT2D eigenvalue weighted by Crippen LogP contribution is -2.07. The van der Waals surface area contributed by atoms with Crippen molar-refractivity contribution >= 4 is 22.4 Å². The Kier molecular flexibility index (Phi) is 4.57. The number of carbonyl (C=O) groups is 1. The number of thiazole rings is 1. The Labute approximate surface area is 115 Å². The second kappa shape index (κ2) is 6.38. The van der Waals surface area contributed by atoms with Crippen molar-refractivity contribution in [2.75, 3.05) is 11.9 Å². The average Bonchev–Trinajstić information content (AvgIpc) is 2.96. The van der Waals surface area contributed by atoms with E-state index in [0.29, 0.717) is 13.2 Å². The minimum atomic E-state index is -0.249. The molecule has 0 aliphatic rings. The van der Waals surface area contributed by atoms with E-state index >= 15 is 0 Å². The molecule has 0 amide bonds. The van der Waals surface area contributed by atoms with Crippen molar-refractivity contribution in [2.45, 2.75) is 26.8 Å². The number of hydrogen-bond acceptors (Lipinski definition) is 6. The van der Waals surface area contributed by atoms with E-state index in [1.165, 1.54) is 11.3 Å². The highest BCUT2D eigenvalue weighted by molar-refractivity contribution is 7.13. The Morgan fingerprint density at radius 1 is 1.53 bits per heavy atom. The molecule has 0 aromatic carbocycles. The van der Waals surface area contributed by atoms with E-state index in [1.807, 2.05) is 24.4 Å². The first-order valence-electron chi connectivity index (χ1n) is 6.06. The molecule has 0 spiro atoms. The highest BCUT2D eigenvalue weighted by Crippen LogP contribution is 2.17. The Bertz CT molecular complexity index is 548. The first-order chi connectivity index (χ1) is 9.17. The van der Waals surface area contributed by atoms with Crippen molar-refractivity contribution in [1.29, 1.82) is 0 Å². The number of carbonyl (C=O) groups excluding carboxylic acids is 1. The van der Waals surface area contributed by atoms with Gasteiger partial charge in [-0.05, 0) is 26.0 Å². The SMILES string of the molecule is CCOC(=O)Cc1csc(NCc2ccc(C)o2)n1. The van der Waals surface area contributed by atoms with Crippen LogP contribution in [0.25, 0.3) is 0 Å². The lowest BCUT2D eigenvalue weighted by Gasteiger charge is -1.99. The van der Waals surface area contributed by atoms with Gasteiger partial charge >= 0.3 is 5.97 Å². The van der Waals surface area contributed by atoms with Gasteiger partial charge < -0.3 is 14.5 Å². The summed E-state index contributed by atoms with van der Waals surface area (Å²) in [5.74, 6) is 1.50. The highest BCUT2D eigenvalue weighted by Gasteiger charge is 2.08. The van der Waals surface area contributed by atoms with Crippen LogP contribution in [0.2, 0.25) is 0 Å². The van der Waals surface area contributed by atoms with E-state index in [0.717, 1.165) is 22.3 Å². The zero-order valence-corrected chi connectivity index (χ0v) is 11.8. The Balaban J connectivity index is 1.85. The molecule has 0 bridgehead atoms. The molecule has 0 saturated carbocycles. The number of hydrogen-bond donors (Lipinski definition) is 1. The van der Waals surface area contributed by atoms with Crippen LogP contribution in [0.4, 0.5) is 5.13 Å². The van der Waals surface area contributed by atoms with Gasteiger partial charge in [0.1, 0.15) is 11.5 Å². The normalized spacial score (nSPS) is 10.4. The van der Waals surface area contributed by atoms with Crippen molar-refractivity contribution in [3.8, 4) is 0 Å². The van der Waals surface area contributed by atoms with Gasteiger partial charge in [-0.25, -0.2) is 4.98 Å². The van der Waals surface area contributed by atoms with Gasteiger partial charge in [-0.15, -0.1) is 11.3 Å². The topological polar surface area (TPSA) is 64.4 Å². The van der Waals surface area contributed by atoms with Gasteiger partial charge in [0.05, 0.1) is 25.3 Å². The van der Waals surface area contributed by atoms with Gasteiger partial charge in [-0.2, -0.15) is 0 Å². The number of aromatic nitrogens is 1. The fourth-order valence-corrected chi connectivity index (χ4v) is 2.28. The summed E-state index contributed by atoms with van der Waals surface area (Å²) < 4.78 is 10.3. The summed E-state index contributed by atoms with van der Waals surface area (Å²) in [6.07, 6.45) is 0.214. The van der Waals surface area contributed by atoms with Crippen LogP contribution in [0, 0.1) is 6.92 Å². The fraction of sp³-hybridized carbons (Fsp3) is 0.385. The predicted molar refractivity (Wildman–Crippen MR) is 73.2 cm³/mol.